The van der Waals surface area contributed by atoms with Crippen LogP contribution in [0.3, 0.4) is 0 Å². The predicted molar refractivity (Wildman–Crippen MR) is 125 cm³/mol. The molecular weight excluding hydrogens is 410 g/mol. The van der Waals surface area contributed by atoms with Crippen LogP contribution >= 0.6 is 11.6 Å². The van der Waals surface area contributed by atoms with Crippen LogP contribution in [0.4, 0.5) is 0 Å². The van der Waals surface area contributed by atoms with Crippen LogP contribution in [0, 0.1) is 0 Å². The van der Waals surface area contributed by atoms with Crippen molar-refractivity contribution in [1.29, 1.82) is 0 Å². The van der Waals surface area contributed by atoms with Gasteiger partial charge in [0.15, 0.2) is 11.5 Å². The minimum absolute atomic E-state index is 0.409. The number of benzene rings is 2. The fourth-order valence-corrected chi connectivity index (χ4v) is 3.61. The molecular formula is C25H26ClN3O2. The molecule has 2 aromatic heterocycles. The number of rotatable bonds is 10. The molecule has 0 aliphatic carbocycles. The van der Waals surface area contributed by atoms with E-state index < -0.39 is 0 Å². The molecule has 0 aliphatic heterocycles. The number of ether oxygens (including phenoxy) is 2. The van der Waals surface area contributed by atoms with E-state index in [4.69, 9.17) is 21.1 Å². The number of para-hydroxylation sites is 1. The van der Waals surface area contributed by atoms with Gasteiger partial charge < -0.3 is 19.8 Å². The number of nitrogens with one attached hydrogen (secondary N) is 2. The molecule has 0 amide bonds. The molecule has 0 unspecified atom stereocenters. The Morgan fingerprint density at radius 3 is 2.71 bits per heavy atom. The Kier molecular flexibility index (Phi) is 7.07. The van der Waals surface area contributed by atoms with Crippen LogP contribution in [-0.2, 0) is 19.6 Å². The predicted octanol–water partition coefficient (Wildman–Crippen LogP) is 5.53. The Balaban J connectivity index is 1.32. The topological polar surface area (TPSA) is 59.2 Å². The normalized spacial score (nSPS) is 11.0. The summed E-state index contributed by atoms with van der Waals surface area (Å²) < 4.78 is 11.8. The van der Waals surface area contributed by atoms with E-state index in [1.165, 1.54) is 16.5 Å². The molecule has 4 rings (SSSR count). The zero-order valence-corrected chi connectivity index (χ0v) is 18.3. The maximum absolute atomic E-state index is 5.95. The van der Waals surface area contributed by atoms with E-state index in [2.05, 4.69) is 51.8 Å². The van der Waals surface area contributed by atoms with Gasteiger partial charge in [0.2, 0.25) is 0 Å². The second-order valence-electron chi connectivity index (χ2n) is 7.28. The summed E-state index contributed by atoms with van der Waals surface area (Å²) in [5, 5.41) is 5.29. The van der Waals surface area contributed by atoms with Crippen LogP contribution in [0.15, 0.2) is 67.0 Å². The van der Waals surface area contributed by atoms with Crippen molar-refractivity contribution < 1.29 is 9.47 Å². The van der Waals surface area contributed by atoms with E-state index in [-0.39, 0.29) is 0 Å². The number of H-pyrrole nitrogens is 1. The van der Waals surface area contributed by atoms with E-state index >= 15 is 0 Å². The Labute approximate surface area is 187 Å². The highest BCUT2D eigenvalue weighted by molar-refractivity contribution is 6.29. The van der Waals surface area contributed by atoms with E-state index in [1.54, 1.807) is 12.3 Å². The number of aromatic amines is 1. The van der Waals surface area contributed by atoms with Crippen LogP contribution in [0.25, 0.3) is 10.9 Å². The molecule has 160 valence electrons. The highest BCUT2D eigenvalue weighted by Crippen LogP contribution is 2.29. The van der Waals surface area contributed by atoms with Gasteiger partial charge in [-0.15, -0.1) is 0 Å². The first kappa shape index (κ1) is 21.2. The van der Waals surface area contributed by atoms with Crippen molar-refractivity contribution in [3.63, 3.8) is 0 Å². The van der Waals surface area contributed by atoms with Crippen molar-refractivity contribution in [2.24, 2.45) is 0 Å². The monoisotopic (exact) mass is 435 g/mol. The quantitative estimate of drug-likeness (QED) is 0.254. The van der Waals surface area contributed by atoms with Gasteiger partial charge in [0, 0.05) is 35.4 Å². The van der Waals surface area contributed by atoms with E-state index in [9.17, 15) is 0 Å². The van der Waals surface area contributed by atoms with Crippen molar-refractivity contribution in [2.75, 3.05) is 13.2 Å². The Hall–Kier alpha value is -3.02. The van der Waals surface area contributed by atoms with Gasteiger partial charge in [0.25, 0.3) is 0 Å². The van der Waals surface area contributed by atoms with Crippen LogP contribution in [0.1, 0.15) is 23.6 Å². The molecule has 0 saturated heterocycles. The molecule has 2 heterocycles. The van der Waals surface area contributed by atoms with Gasteiger partial charge in [0.05, 0.1) is 6.61 Å². The first-order valence-corrected chi connectivity index (χ1v) is 10.9. The van der Waals surface area contributed by atoms with E-state index in [0.717, 1.165) is 42.1 Å². The van der Waals surface area contributed by atoms with Crippen LogP contribution in [0.5, 0.6) is 11.5 Å². The fourth-order valence-electron chi connectivity index (χ4n) is 3.50. The number of aromatic nitrogens is 2. The van der Waals surface area contributed by atoms with Crippen molar-refractivity contribution >= 4 is 22.5 Å². The number of nitrogens with zero attached hydrogens (tertiary/aromatic N) is 1. The van der Waals surface area contributed by atoms with Gasteiger partial charge in [-0.1, -0.05) is 41.9 Å². The van der Waals surface area contributed by atoms with Crippen LogP contribution < -0.4 is 14.8 Å². The van der Waals surface area contributed by atoms with Crippen molar-refractivity contribution in [1.82, 2.24) is 15.3 Å². The first-order chi connectivity index (χ1) is 15.2. The lowest BCUT2D eigenvalue weighted by molar-refractivity contribution is 0.269. The molecule has 6 heteroatoms. The second kappa shape index (κ2) is 10.3. The number of hydrogen-bond donors (Lipinski definition) is 2. The number of halogens is 1. The van der Waals surface area contributed by atoms with Gasteiger partial charge in [-0.2, -0.15) is 0 Å². The molecule has 0 spiro atoms. The third-order valence-corrected chi connectivity index (χ3v) is 5.29. The standard InChI is InChI=1S/C25H26ClN3O2/c1-2-30-24-13-18(7-9-23(24)31-17-19-8-10-25(26)29-15-19)14-27-12-11-20-16-28-22-6-4-3-5-21(20)22/h3-10,13,15-16,27-28H,2,11-12,14,17H2,1H3. The highest BCUT2D eigenvalue weighted by atomic mass is 35.5. The van der Waals surface area contributed by atoms with Gasteiger partial charge >= 0.3 is 0 Å². The lowest BCUT2D eigenvalue weighted by atomic mass is 10.1. The molecule has 0 radical (unpaired) electrons. The second-order valence-corrected chi connectivity index (χ2v) is 7.67. The molecule has 31 heavy (non-hydrogen) atoms. The third-order valence-electron chi connectivity index (χ3n) is 5.07. The van der Waals surface area contributed by atoms with Gasteiger partial charge in [0.1, 0.15) is 11.8 Å². The summed E-state index contributed by atoms with van der Waals surface area (Å²) in [6.45, 7) is 4.62. The van der Waals surface area contributed by atoms with Crippen LogP contribution in [0.2, 0.25) is 5.15 Å². The first-order valence-electron chi connectivity index (χ1n) is 10.5. The maximum Gasteiger partial charge on any atom is 0.161 e. The fraction of sp³-hybridized carbons (Fsp3) is 0.240. The summed E-state index contributed by atoms with van der Waals surface area (Å²) in [6.07, 6.45) is 4.79. The van der Waals surface area contributed by atoms with Gasteiger partial charge in [-0.05, 0) is 55.3 Å². The molecule has 2 aromatic carbocycles. The summed E-state index contributed by atoms with van der Waals surface area (Å²) in [4.78, 5) is 7.42. The van der Waals surface area contributed by atoms with E-state index in [1.807, 2.05) is 25.1 Å². The molecule has 2 N–H and O–H groups in total. The lowest BCUT2D eigenvalue weighted by Gasteiger charge is -2.14. The highest BCUT2D eigenvalue weighted by Gasteiger charge is 2.08. The minimum atomic E-state index is 0.409. The number of pyridine rings is 1. The van der Waals surface area contributed by atoms with E-state index in [0.29, 0.717) is 18.4 Å². The molecule has 0 fully saturated rings. The Morgan fingerprint density at radius 1 is 1.00 bits per heavy atom. The maximum atomic E-state index is 5.95. The number of hydrogen-bond acceptors (Lipinski definition) is 4. The lowest BCUT2D eigenvalue weighted by Crippen LogP contribution is -2.16. The summed E-state index contributed by atoms with van der Waals surface area (Å²) in [5.41, 5.74) is 4.63. The number of fused-ring (bicyclic) bond motifs is 1. The summed E-state index contributed by atoms with van der Waals surface area (Å²) in [6, 6.07) is 18.1. The summed E-state index contributed by atoms with van der Waals surface area (Å²) in [5.74, 6) is 1.47. The average molecular weight is 436 g/mol. The summed E-state index contributed by atoms with van der Waals surface area (Å²) in [7, 11) is 0. The molecule has 0 saturated carbocycles. The molecule has 0 atom stereocenters. The molecule has 4 aromatic rings. The van der Waals surface area contributed by atoms with Crippen LogP contribution in [-0.4, -0.2) is 23.1 Å². The Bertz CT molecular complexity index is 1130. The molecule has 5 nitrogen and oxygen atoms in total. The smallest absolute Gasteiger partial charge is 0.161 e. The zero-order chi connectivity index (χ0) is 21.5. The largest absolute Gasteiger partial charge is 0.490 e. The van der Waals surface area contributed by atoms with Crippen molar-refractivity contribution in [3.8, 4) is 11.5 Å². The molecule has 0 bridgehead atoms. The molecule has 0 aliphatic rings. The Morgan fingerprint density at radius 2 is 1.87 bits per heavy atom. The average Bonchev–Trinajstić information content (AvgIpc) is 3.20. The summed E-state index contributed by atoms with van der Waals surface area (Å²) >= 11 is 5.84. The van der Waals surface area contributed by atoms with Gasteiger partial charge in [-0.3, -0.25) is 0 Å². The minimum Gasteiger partial charge on any atom is -0.490 e. The zero-order valence-electron chi connectivity index (χ0n) is 17.5. The third kappa shape index (κ3) is 5.57. The van der Waals surface area contributed by atoms with Gasteiger partial charge in [-0.25, -0.2) is 4.98 Å². The van der Waals surface area contributed by atoms with Crippen molar-refractivity contribution in [2.45, 2.75) is 26.5 Å². The van der Waals surface area contributed by atoms with Crippen molar-refractivity contribution in [3.05, 3.63) is 88.8 Å². The SMILES string of the molecule is CCOc1cc(CNCCc2c[nH]c3ccccc23)ccc1OCc1ccc(Cl)nc1.